The SMILES string of the molecule is O=c1[nH]cnc2[c]nccc12. The van der Waals surface area contributed by atoms with Crippen molar-refractivity contribution >= 4 is 10.9 Å². The Hall–Kier alpha value is -1.71. The molecule has 2 aromatic heterocycles. The molecule has 2 heterocycles. The van der Waals surface area contributed by atoms with Gasteiger partial charge >= 0.3 is 0 Å². The normalized spacial score (nSPS) is 10.2. The molecule has 1 N–H and O–H groups in total. The molecule has 0 atom stereocenters. The first kappa shape index (κ1) is 6.03. The van der Waals surface area contributed by atoms with E-state index >= 15 is 0 Å². The number of H-pyrrole nitrogens is 1. The molecule has 53 valence electrons. The maximum absolute atomic E-state index is 11.0. The Morgan fingerprint density at radius 1 is 1.55 bits per heavy atom. The first-order valence-corrected chi connectivity index (χ1v) is 3.08. The van der Waals surface area contributed by atoms with Crippen LogP contribution in [0.1, 0.15) is 0 Å². The van der Waals surface area contributed by atoms with Gasteiger partial charge in [0, 0.05) is 6.20 Å². The molecule has 0 fully saturated rings. The molecule has 0 amide bonds. The lowest BCUT2D eigenvalue weighted by molar-refractivity contribution is 1.16. The van der Waals surface area contributed by atoms with Crippen molar-refractivity contribution in [1.29, 1.82) is 0 Å². The largest absolute Gasteiger partial charge is 0.313 e. The van der Waals surface area contributed by atoms with Gasteiger partial charge in [0.2, 0.25) is 0 Å². The quantitative estimate of drug-likeness (QED) is 0.574. The summed E-state index contributed by atoms with van der Waals surface area (Å²) in [5.41, 5.74) is 0.338. The van der Waals surface area contributed by atoms with Crippen LogP contribution in [-0.2, 0) is 0 Å². The molecule has 4 heteroatoms. The molecule has 0 bridgehead atoms. The fourth-order valence-electron chi connectivity index (χ4n) is 0.864. The van der Waals surface area contributed by atoms with Gasteiger partial charge in [-0.3, -0.25) is 9.78 Å². The van der Waals surface area contributed by atoms with Crippen LogP contribution in [0.2, 0.25) is 0 Å². The molecule has 11 heavy (non-hydrogen) atoms. The van der Waals surface area contributed by atoms with Gasteiger partial charge < -0.3 is 4.98 Å². The Balaban J connectivity index is 3.03. The molecule has 0 aliphatic rings. The van der Waals surface area contributed by atoms with E-state index in [0.29, 0.717) is 10.9 Å². The minimum absolute atomic E-state index is 0.159. The van der Waals surface area contributed by atoms with Crippen LogP contribution in [-0.4, -0.2) is 15.0 Å². The van der Waals surface area contributed by atoms with Crippen LogP contribution in [0.25, 0.3) is 10.9 Å². The number of hydrogen-bond acceptors (Lipinski definition) is 3. The van der Waals surface area contributed by atoms with Gasteiger partial charge in [-0.25, -0.2) is 4.98 Å². The van der Waals surface area contributed by atoms with Crippen molar-refractivity contribution in [3.8, 4) is 0 Å². The first-order chi connectivity index (χ1) is 5.38. The summed E-state index contributed by atoms with van der Waals surface area (Å²) in [6, 6.07) is 1.61. The van der Waals surface area contributed by atoms with Crippen LogP contribution in [0.15, 0.2) is 23.4 Å². The minimum Gasteiger partial charge on any atom is -0.313 e. The van der Waals surface area contributed by atoms with Crippen LogP contribution in [0.4, 0.5) is 0 Å². The minimum atomic E-state index is -0.159. The number of hydrogen-bond donors (Lipinski definition) is 1. The molecule has 0 aliphatic carbocycles. The third-order valence-corrected chi connectivity index (χ3v) is 1.38. The van der Waals surface area contributed by atoms with E-state index in [1.807, 2.05) is 0 Å². The van der Waals surface area contributed by atoms with Gasteiger partial charge in [0.05, 0.1) is 11.7 Å². The summed E-state index contributed by atoms with van der Waals surface area (Å²) in [5, 5.41) is 0.516. The second kappa shape index (κ2) is 2.16. The summed E-state index contributed by atoms with van der Waals surface area (Å²) < 4.78 is 0. The second-order valence-electron chi connectivity index (χ2n) is 2.05. The van der Waals surface area contributed by atoms with Crippen molar-refractivity contribution in [2.45, 2.75) is 0 Å². The highest BCUT2D eigenvalue weighted by molar-refractivity contribution is 5.74. The Morgan fingerprint density at radius 3 is 3.27 bits per heavy atom. The summed E-state index contributed by atoms with van der Waals surface area (Å²) in [4.78, 5) is 21.1. The molecule has 2 aromatic rings. The van der Waals surface area contributed by atoms with Gasteiger partial charge in [-0.1, -0.05) is 0 Å². The second-order valence-corrected chi connectivity index (χ2v) is 2.05. The Morgan fingerprint density at radius 2 is 2.45 bits per heavy atom. The lowest BCUT2D eigenvalue weighted by atomic mass is 10.3. The van der Waals surface area contributed by atoms with Crippen LogP contribution < -0.4 is 5.56 Å². The van der Waals surface area contributed by atoms with Gasteiger partial charge in [-0.05, 0) is 6.07 Å². The number of aromatic nitrogens is 3. The van der Waals surface area contributed by atoms with E-state index in [1.54, 1.807) is 6.07 Å². The molecule has 0 aliphatic heterocycles. The zero-order valence-corrected chi connectivity index (χ0v) is 5.53. The average molecular weight is 146 g/mol. The molecule has 1 radical (unpaired) electrons. The maximum Gasteiger partial charge on any atom is 0.258 e. The lowest BCUT2D eigenvalue weighted by Crippen LogP contribution is -2.05. The highest BCUT2D eigenvalue weighted by Gasteiger charge is 1.95. The van der Waals surface area contributed by atoms with Crippen molar-refractivity contribution in [1.82, 2.24) is 15.0 Å². The van der Waals surface area contributed by atoms with E-state index in [1.165, 1.54) is 12.5 Å². The summed E-state index contributed by atoms with van der Waals surface area (Å²) >= 11 is 0. The van der Waals surface area contributed by atoms with E-state index < -0.39 is 0 Å². The molecule has 0 saturated heterocycles. The van der Waals surface area contributed by atoms with Crippen molar-refractivity contribution in [3.05, 3.63) is 35.1 Å². The predicted molar refractivity (Wildman–Crippen MR) is 39.0 cm³/mol. The van der Waals surface area contributed by atoms with Crippen LogP contribution in [0, 0.1) is 6.20 Å². The number of nitrogens with one attached hydrogen (secondary N) is 1. The third-order valence-electron chi connectivity index (χ3n) is 1.38. The van der Waals surface area contributed by atoms with Gasteiger partial charge in [-0.15, -0.1) is 0 Å². The zero-order chi connectivity index (χ0) is 7.68. The molecule has 0 aromatic carbocycles. The summed E-state index contributed by atoms with van der Waals surface area (Å²) in [5.74, 6) is 0. The standard InChI is InChI=1S/C7H4N3O/c11-7-5-1-2-8-3-6(5)9-4-10-7/h1-2,4H,(H,9,10,11). The maximum atomic E-state index is 11.0. The van der Waals surface area contributed by atoms with E-state index in [4.69, 9.17) is 0 Å². The van der Waals surface area contributed by atoms with Gasteiger partial charge in [-0.2, -0.15) is 0 Å². The van der Waals surface area contributed by atoms with Crippen molar-refractivity contribution in [2.75, 3.05) is 0 Å². The summed E-state index contributed by atoms with van der Waals surface area (Å²) in [6.45, 7) is 0. The molecule has 0 spiro atoms. The molecule has 0 unspecified atom stereocenters. The topological polar surface area (TPSA) is 58.6 Å². The monoisotopic (exact) mass is 146 g/mol. The zero-order valence-electron chi connectivity index (χ0n) is 5.53. The molecule has 0 saturated carbocycles. The number of nitrogens with zero attached hydrogens (tertiary/aromatic N) is 2. The predicted octanol–water partition coefficient (Wildman–Crippen LogP) is 0.118. The van der Waals surface area contributed by atoms with Crippen molar-refractivity contribution in [3.63, 3.8) is 0 Å². The summed E-state index contributed by atoms with van der Waals surface area (Å²) in [7, 11) is 0. The smallest absolute Gasteiger partial charge is 0.258 e. The first-order valence-electron chi connectivity index (χ1n) is 3.08. The van der Waals surface area contributed by atoms with Crippen LogP contribution in [0.5, 0.6) is 0 Å². The summed E-state index contributed by atoms with van der Waals surface area (Å²) in [6.07, 6.45) is 5.46. The number of fused-ring (bicyclic) bond motifs is 1. The molecular weight excluding hydrogens is 142 g/mol. The van der Waals surface area contributed by atoms with Crippen LogP contribution in [0.3, 0.4) is 0 Å². The number of rotatable bonds is 0. The highest BCUT2D eigenvalue weighted by Crippen LogP contribution is 1.98. The van der Waals surface area contributed by atoms with Crippen molar-refractivity contribution < 1.29 is 0 Å². The number of aromatic amines is 1. The number of pyridine rings is 1. The van der Waals surface area contributed by atoms with Gasteiger partial charge in [0.1, 0.15) is 11.7 Å². The van der Waals surface area contributed by atoms with Crippen molar-refractivity contribution in [2.24, 2.45) is 0 Å². The lowest BCUT2D eigenvalue weighted by Gasteiger charge is -1.89. The van der Waals surface area contributed by atoms with E-state index in [0.717, 1.165) is 0 Å². The fourth-order valence-corrected chi connectivity index (χ4v) is 0.864. The Kier molecular flexibility index (Phi) is 1.18. The van der Waals surface area contributed by atoms with Crippen LogP contribution >= 0.6 is 0 Å². The molecular formula is C7H4N3O. The fraction of sp³-hybridized carbons (Fsp3) is 0. The molecule has 4 nitrogen and oxygen atoms in total. The molecule has 2 rings (SSSR count). The van der Waals surface area contributed by atoms with E-state index in [2.05, 4.69) is 21.1 Å². The van der Waals surface area contributed by atoms with Gasteiger partial charge in [0.15, 0.2) is 0 Å². The highest BCUT2D eigenvalue weighted by atomic mass is 16.1. The van der Waals surface area contributed by atoms with E-state index in [-0.39, 0.29) is 5.56 Å². The Bertz CT molecular complexity index is 429. The Labute approximate surface area is 61.9 Å². The van der Waals surface area contributed by atoms with E-state index in [9.17, 15) is 4.79 Å². The average Bonchev–Trinajstić information content (AvgIpc) is 2.06. The third kappa shape index (κ3) is 0.881. The van der Waals surface area contributed by atoms with Gasteiger partial charge in [0.25, 0.3) is 5.56 Å².